The van der Waals surface area contributed by atoms with Gasteiger partial charge in [-0.3, -0.25) is 0 Å². The average Bonchev–Trinajstić information content (AvgIpc) is 2.89. The van der Waals surface area contributed by atoms with E-state index in [1.165, 1.54) is 11.1 Å². The van der Waals surface area contributed by atoms with Gasteiger partial charge in [0.05, 0.1) is 12.2 Å². The second kappa shape index (κ2) is 3.34. The highest BCUT2D eigenvalue weighted by Gasteiger charge is 2.52. The van der Waals surface area contributed by atoms with Gasteiger partial charge in [0.2, 0.25) is 0 Å². The van der Waals surface area contributed by atoms with Crippen molar-refractivity contribution in [1.82, 2.24) is 0 Å². The summed E-state index contributed by atoms with van der Waals surface area (Å²) in [5, 5.41) is 0. The highest BCUT2D eigenvalue weighted by Crippen LogP contribution is 2.45. The van der Waals surface area contributed by atoms with Crippen LogP contribution in [0.2, 0.25) is 0 Å². The molecule has 1 saturated heterocycles. The minimum Gasteiger partial charge on any atom is -0.369 e. The summed E-state index contributed by atoms with van der Waals surface area (Å²) in [7, 11) is 0. The zero-order valence-corrected chi connectivity index (χ0v) is 10.1. The normalized spacial score (nSPS) is 25.3. The zero-order chi connectivity index (χ0) is 11.1. The number of ether oxygens (including phenoxy) is 1. The molecule has 0 aromatic heterocycles. The van der Waals surface area contributed by atoms with Crippen molar-refractivity contribution in [1.29, 1.82) is 0 Å². The average molecular weight is 204 g/mol. The maximum atomic E-state index is 5.56. The van der Waals surface area contributed by atoms with Crippen LogP contribution in [0.4, 0.5) is 0 Å². The van der Waals surface area contributed by atoms with E-state index in [0.717, 1.165) is 13.0 Å². The van der Waals surface area contributed by atoms with Gasteiger partial charge >= 0.3 is 0 Å². The first-order valence-electron chi connectivity index (χ1n) is 5.62. The van der Waals surface area contributed by atoms with Crippen LogP contribution in [0.5, 0.6) is 0 Å². The topological polar surface area (TPSA) is 12.5 Å². The molecule has 0 spiro atoms. The molecule has 0 amide bonds. The third kappa shape index (κ3) is 2.07. The molecule has 0 bridgehead atoms. The van der Waals surface area contributed by atoms with Gasteiger partial charge in [-0.15, -0.1) is 0 Å². The molecule has 1 aliphatic rings. The number of hydrogen-bond acceptors (Lipinski definition) is 1. The Morgan fingerprint density at radius 2 is 1.80 bits per heavy atom. The fraction of sp³-hybridized carbons (Fsp3) is 0.571. The summed E-state index contributed by atoms with van der Waals surface area (Å²) in [6.45, 7) is 9.83. The molecular weight excluding hydrogens is 184 g/mol. The number of aryl methyl sites for hydroxylation is 1. The third-order valence-corrected chi connectivity index (χ3v) is 3.78. The molecule has 0 saturated carbocycles. The van der Waals surface area contributed by atoms with Crippen LogP contribution in [-0.2, 0) is 11.2 Å². The highest BCUT2D eigenvalue weighted by molar-refractivity contribution is 5.23. The number of benzene rings is 1. The summed E-state index contributed by atoms with van der Waals surface area (Å²) < 4.78 is 5.56. The monoisotopic (exact) mass is 204 g/mol. The molecule has 1 heterocycles. The lowest BCUT2D eigenvalue weighted by atomic mass is 9.75. The molecule has 1 fully saturated rings. The molecule has 15 heavy (non-hydrogen) atoms. The largest absolute Gasteiger partial charge is 0.369 e. The Kier molecular flexibility index (Phi) is 2.38. The summed E-state index contributed by atoms with van der Waals surface area (Å²) in [6.07, 6.45) is 1.09. The third-order valence-electron chi connectivity index (χ3n) is 3.78. The lowest BCUT2D eigenvalue weighted by Gasteiger charge is -2.29. The van der Waals surface area contributed by atoms with Gasteiger partial charge in [-0.2, -0.15) is 0 Å². The summed E-state index contributed by atoms with van der Waals surface area (Å²) in [6, 6.07) is 8.81. The van der Waals surface area contributed by atoms with E-state index in [-0.39, 0.29) is 11.0 Å². The van der Waals surface area contributed by atoms with Gasteiger partial charge in [-0.05, 0) is 31.2 Å². The predicted octanol–water partition coefficient (Wildman–Crippen LogP) is 3.35. The van der Waals surface area contributed by atoms with Crippen molar-refractivity contribution in [2.75, 3.05) is 6.61 Å². The quantitative estimate of drug-likeness (QED) is 0.688. The minimum absolute atomic E-state index is 0.0951. The van der Waals surface area contributed by atoms with Crippen molar-refractivity contribution in [3.63, 3.8) is 0 Å². The van der Waals surface area contributed by atoms with Crippen LogP contribution in [0, 0.1) is 12.3 Å². The molecule has 1 aromatic rings. The Hall–Kier alpha value is -0.820. The van der Waals surface area contributed by atoms with Crippen molar-refractivity contribution in [3.05, 3.63) is 35.4 Å². The highest BCUT2D eigenvalue weighted by atomic mass is 16.6. The molecule has 1 aromatic carbocycles. The molecule has 0 aliphatic carbocycles. The number of hydrogen-bond donors (Lipinski definition) is 0. The van der Waals surface area contributed by atoms with Gasteiger partial charge in [0.25, 0.3) is 0 Å². The van der Waals surface area contributed by atoms with Gasteiger partial charge < -0.3 is 4.74 Å². The van der Waals surface area contributed by atoms with E-state index in [1.807, 2.05) is 0 Å². The Labute approximate surface area is 92.5 Å². The van der Waals surface area contributed by atoms with E-state index in [2.05, 4.69) is 52.0 Å². The van der Waals surface area contributed by atoms with E-state index in [4.69, 9.17) is 4.74 Å². The fourth-order valence-electron chi connectivity index (χ4n) is 1.90. The van der Waals surface area contributed by atoms with Crippen molar-refractivity contribution in [3.8, 4) is 0 Å². The van der Waals surface area contributed by atoms with E-state index in [0.29, 0.717) is 0 Å². The first kappa shape index (κ1) is 10.7. The molecule has 1 atom stereocenters. The Morgan fingerprint density at radius 3 is 2.27 bits per heavy atom. The molecule has 1 heteroatoms. The zero-order valence-electron chi connectivity index (χ0n) is 10.1. The van der Waals surface area contributed by atoms with Gasteiger partial charge in [-0.1, -0.05) is 43.7 Å². The molecular formula is C14H20O. The van der Waals surface area contributed by atoms with Gasteiger partial charge in [0.15, 0.2) is 0 Å². The van der Waals surface area contributed by atoms with Crippen LogP contribution in [0.1, 0.15) is 31.9 Å². The lowest BCUT2D eigenvalue weighted by Crippen LogP contribution is -2.32. The van der Waals surface area contributed by atoms with Crippen molar-refractivity contribution in [2.24, 2.45) is 5.41 Å². The summed E-state index contributed by atoms with van der Waals surface area (Å²) >= 11 is 0. The molecule has 82 valence electrons. The Morgan fingerprint density at radius 1 is 1.27 bits per heavy atom. The molecule has 1 nitrogen and oxygen atoms in total. The maximum absolute atomic E-state index is 5.56. The van der Waals surface area contributed by atoms with Crippen molar-refractivity contribution >= 4 is 0 Å². The molecule has 1 aliphatic heterocycles. The fourth-order valence-corrected chi connectivity index (χ4v) is 1.90. The summed E-state index contributed by atoms with van der Waals surface area (Å²) in [5.41, 5.74) is 3.05. The van der Waals surface area contributed by atoms with Crippen LogP contribution < -0.4 is 0 Å². The number of epoxide rings is 1. The predicted molar refractivity (Wildman–Crippen MR) is 63.0 cm³/mol. The minimum atomic E-state index is 0.0951. The van der Waals surface area contributed by atoms with Crippen LogP contribution >= 0.6 is 0 Å². The maximum Gasteiger partial charge on any atom is 0.0942 e. The smallest absolute Gasteiger partial charge is 0.0942 e. The SMILES string of the molecule is Cc1ccc(CC(C)(C)C2(C)CO2)cc1. The van der Waals surface area contributed by atoms with Gasteiger partial charge in [-0.25, -0.2) is 0 Å². The second-order valence-electron chi connectivity index (χ2n) is 5.57. The van der Waals surface area contributed by atoms with E-state index in [9.17, 15) is 0 Å². The van der Waals surface area contributed by atoms with Crippen LogP contribution in [0.25, 0.3) is 0 Å². The van der Waals surface area contributed by atoms with Crippen LogP contribution in [-0.4, -0.2) is 12.2 Å². The first-order valence-corrected chi connectivity index (χ1v) is 5.62. The van der Waals surface area contributed by atoms with Crippen molar-refractivity contribution in [2.45, 2.75) is 39.7 Å². The molecule has 0 radical (unpaired) electrons. The standard InChI is InChI=1S/C14H20O/c1-11-5-7-12(8-6-11)9-13(2,3)14(4)10-15-14/h5-8H,9-10H2,1-4H3. The second-order valence-corrected chi connectivity index (χ2v) is 5.57. The Balaban J connectivity index is 2.11. The Bertz CT molecular complexity index is 344. The molecule has 2 rings (SSSR count). The first-order chi connectivity index (χ1) is 6.93. The summed E-state index contributed by atoms with van der Waals surface area (Å²) in [4.78, 5) is 0. The number of rotatable bonds is 3. The van der Waals surface area contributed by atoms with E-state index in [1.54, 1.807) is 0 Å². The van der Waals surface area contributed by atoms with E-state index >= 15 is 0 Å². The van der Waals surface area contributed by atoms with Crippen LogP contribution in [0.15, 0.2) is 24.3 Å². The van der Waals surface area contributed by atoms with Gasteiger partial charge in [0, 0.05) is 0 Å². The van der Waals surface area contributed by atoms with E-state index < -0.39 is 0 Å². The van der Waals surface area contributed by atoms with Gasteiger partial charge in [0.1, 0.15) is 0 Å². The lowest BCUT2D eigenvalue weighted by molar-refractivity contribution is 0.153. The molecule has 1 unspecified atom stereocenters. The van der Waals surface area contributed by atoms with Crippen LogP contribution in [0.3, 0.4) is 0 Å². The summed E-state index contributed by atoms with van der Waals surface area (Å²) in [5.74, 6) is 0. The molecule has 0 N–H and O–H groups in total. The van der Waals surface area contributed by atoms with Crippen molar-refractivity contribution < 1.29 is 4.74 Å².